The van der Waals surface area contributed by atoms with E-state index in [-0.39, 0.29) is 0 Å². The molecule has 3 nitrogen and oxygen atoms in total. The third-order valence-electron chi connectivity index (χ3n) is 3.91. The molecule has 1 saturated heterocycles. The Balaban J connectivity index is 1.92. The second-order valence-corrected chi connectivity index (χ2v) is 5.83. The summed E-state index contributed by atoms with van der Waals surface area (Å²) in [5.41, 5.74) is 3.21. The molecule has 0 spiro atoms. The summed E-state index contributed by atoms with van der Waals surface area (Å²) in [5, 5.41) is 9.80. The van der Waals surface area contributed by atoms with Crippen molar-refractivity contribution < 1.29 is 9.84 Å². The highest BCUT2D eigenvalue weighted by molar-refractivity contribution is 5.42. The van der Waals surface area contributed by atoms with Gasteiger partial charge in [0, 0.05) is 26.3 Å². The molecule has 106 valence electrons. The normalized spacial score (nSPS) is 17.1. The molecule has 3 heteroatoms. The molecule has 1 aliphatic heterocycles. The van der Waals surface area contributed by atoms with E-state index in [1.54, 1.807) is 0 Å². The molecule has 0 aromatic heterocycles. The van der Waals surface area contributed by atoms with Crippen molar-refractivity contribution in [1.82, 2.24) is 4.90 Å². The second-order valence-electron chi connectivity index (χ2n) is 5.83. The van der Waals surface area contributed by atoms with Crippen LogP contribution in [0.2, 0.25) is 0 Å². The molecule has 1 N–H and O–H groups in total. The molecule has 0 radical (unpaired) electrons. The quantitative estimate of drug-likeness (QED) is 0.906. The maximum Gasteiger partial charge on any atom is 0.121 e. The lowest BCUT2D eigenvalue weighted by atomic mass is 9.99. The zero-order valence-electron chi connectivity index (χ0n) is 12.3. The van der Waals surface area contributed by atoms with Gasteiger partial charge in [0.25, 0.3) is 0 Å². The predicted molar refractivity (Wildman–Crippen MR) is 77.5 cm³/mol. The van der Waals surface area contributed by atoms with Crippen LogP contribution in [0.1, 0.15) is 29.5 Å². The zero-order valence-corrected chi connectivity index (χ0v) is 12.3. The molecule has 1 aromatic rings. The van der Waals surface area contributed by atoms with E-state index in [1.807, 2.05) is 13.8 Å². The predicted octanol–water partition coefficient (Wildman–Crippen LogP) is 2.87. The van der Waals surface area contributed by atoms with Crippen LogP contribution in [-0.4, -0.2) is 36.8 Å². The van der Waals surface area contributed by atoms with Crippen LogP contribution in [-0.2, 0) is 11.3 Å². The molecule has 0 atom stereocenters. The Labute approximate surface area is 116 Å². The van der Waals surface area contributed by atoms with Gasteiger partial charge in [0.1, 0.15) is 5.75 Å². The van der Waals surface area contributed by atoms with Gasteiger partial charge in [-0.25, -0.2) is 0 Å². The van der Waals surface area contributed by atoms with E-state index < -0.39 is 0 Å². The van der Waals surface area contributed by atoms with E-state index in [9.17, 15) is 5.11 Å². The lowest BCUT2D eigenvalue weighted by molar-refractivity contribution is 0.0549. The summed E-state index contributed by atoms with van der Waals surface area (Å²) >= 11 is 0. The molecule has 0 saturated carbocycles. The van der Waals surface area contributed by atoms with E-state index in [0.717, 1.165) is 43.3 Å². The van der Waals surface area contributed by atoms with E-state index in [2.05, 4.69) is 24.1 Å². The van der Waals surface area contributed by atoms with Gasteiger partial charge in [-0.15, -0.1) is 0 Å². The molecular formula is C16H25NO2. The maximum absolute atomic E-state index is 9.80. The molecule has 1 aromatic carbocycles. The van der Waals surface area contributed by atoms with E-state index in [4.69, 9.17) is 4.74 Å². The first-order chi connectivity index (χ1) is 9.06. The Bertz CT molecular complexity index is 402. The first kappa shape index (κ1) is 14.4. The SMILES string of the molecule is Cc1cc(CN(C)CC2CCOCC2)cc(C)c1O. The fourth-order valence-corrected chi connectivity index (χ4v) is 2.88. The van der Waals surface area contributed by atoms with Crippen LogP contribution >= 0.6 is 0 Å². The number of benzene rings is 1. The van der Waals surface area contributed by atoms with Crippen molar-refractivity contribution in [1.29, 1.82) is 0 Å². The standard InChI is InChI=1S/C16H25NO2/c1-12-8-15(9-13(2)16(12)18)11-17(3)10-14-4-6-19-7-5-14/h8-9,14,18H,4-7,10-11H2,1-3H3. The summed E-state index contributed by atoms with van der Waals surface area (Å²) in [6, 6.07) is 4.17. The fraction of sp³-hybridized carbons (Fsp3) is 0.625. The molecule has 0 unspecified atom stereocenters. The summed E-state index contributed by atoms with van der Waals surface area (Å²) in [5.74, 6) is 1.19. The Morgan fingerprint density at radius 2 is 1.79 bits per heavy atom. The van der Waals surface area contributed by atoms with E-state index in [1.165, 1.54) is 18.4 Å². The third-order valence-corrected chi connectivity index (χ3v) is 3.91. The molecule has 19 heavy (non-hydrogen) atoms. The third kappa shape index (κ3) is 3.95. The van der Waals surface area contributed by atoms with Crippen LogP contribution in [0.25, 0.3) is 0 Å². The monoisotopic (exact) mass is 263 g/mol. The molecule has 0 aliphatic carbocycles. The lowest BCUT2D eigenvalue weighted by Gasteiger charge is -2.27. The van der Waals surface area contributed by atoms with E-state index in [0.29, 0.717) is 5.75 Å². The van der Waals surface area contributed by atoms with Crippen molar-refractivity contribution in [3.8, 4) is 5.75 Å². The number of hydrogen-bond donors (Lipinski definition) is 1. The van der Waals surface area contributed by atoms with Crippen LogP contribution in [0, 0.1) is 19.8 Å². The fourth-order valence-electron chi connectivity index (χ4n) is 2.88. The average molecular weight is 263 g/mol. The summed E-state index contributed by atoms with van der Waals surface area (Å²) in [6.45, 7) is 7.82. The Morgan fingerprint density at radius 1 is 1.21 bits per heavy atom. The van der Waals surface area contributed by atoms with Crippen molar-refractivity contribution in [2.75, 3.05) is 26.8 Å². The number of hydrogen-bond acceptors (Lipinski definition) is 3. The Morgan fingerprint density at radius 3 is 2.37 bits per heavy atom. The van der Waals surface area contributed by atoms with Crippen molar-refractivity contribution in [3.05, 3.63) is 28.8 Å². The lowest BCUT2D eigenvalue weighted by Crippen LogP contribution is -2.29. The van der Waals surface area contributed by atoms with Gasteiger partial charge in [0.15, 0.2) is 0 Å². The largest absolute Gasteiger partial charge is 0.507 e. The molecular weight excluding hydrogens is 238 g/mol. The van der Waals surface area contributed by atoms with Crippen molar-refractivity contribution in [2.45, 2.75) is 33.2 Å². The maximum atomic E-state index is 9.80. The topological polar surface area (TPSA) is 32.7 Å². The van der Waals surface area contributed by atoms with Crippen LogP contribution in [0.5, 0.6) is 5.75 Å². The van der Waals surface area contributed by atoms with Crippen molar-refractivity contribution >= 4 is 0 Å². The van der Waals surface area contributed by atoms with Crippen molar-refractivity contribution in [3.63, 3.8) is 0 Å². The number of aryl methyl sites for hydroxylation is 2. The Kier molecular flexibility index (Phi) is 4.83. The van der Waals surface area contributed by atoms with Crippen LogP contribution in [0.3, 0.4) is 0 Å². The number of phenolic OH excluding ortho intramolecular Hbond substituents is 1. The van der Waals surface area contributed by atoms with Crippen LogP contribution in [0.4, 0.5) is 0 Å². The van der Waals surface area contributed by atoms with Gasteiger partial charge in [-0.05, 0) is 56.3 Å². The summed E-state index contributed by atoms with van der Waals surface area (Å²) in [4.78, 5) is 2.38. The first-order valence-electron chi connectivity index (χ1n) is 7.11. The smallest absolute Gasteiger partial charge is 0.121 e. The molecule has 2 rings (SSSR count). The summed E-state index contributed by atoms with van der Waals surface area (Å²) in [7, 11) is 2.17. The number of phenols is 1. The second kappa shape index (κ2) is 6.40. The molecule has 0 amide bonds. The van der Waals surface area contributed by atoms with Gasteiger partial charge in [-0.1, -0.05) is 12.1 Å². The molecule has 1 fully saturated rings. The van der Waals surface area contributed by atoms with Gasteiger partial charge in [-0.2, -0.15) is 0 Å². The molecule has 0 bridgehead atoms. The van der Waals surface area contributed by atoms with E-state index >= 15 is 0 Å². The highest BCUT2D eigenvalue weighted by atomic mass is 16.5. The van der Waals surface area contributed by atoms with Gasteiger partial charge in [0.2, 0.25) is 0 Å². The first-order valence-corrected chi connectivity index (χ1v) is 7.11. The Hall–Kier alpha value is -1.06. The van der Waals surface area contributed by atoms with Gasteiger partial charge >= 0.3 is 0 Å². The minimum atomic E-state index is 0.427. The number of rotatable bonds is 4. The van der Waals surface area contributed by atoms with Crippen LogP contribution in [0.15, 0.2) is 12.1 Å². The number of aromatic hydroxyl groups is 1. The van der Waals surface area contributed by atoms with Gasteiger partial charge < -0.3 is 14.7 Å². The van der Waals surface area contributed by atoms with Crippen LogP contribution < -0.4 is 0 Å². The number of ether oxygens (including phenoxy) is 1. The molecule has 1 aliphatic rings. The molecule has 1 heterocycles. The zero-order chi connectivity index (χ0) is 13.8. The number of nitrogens with zero attached hydrogens (tertiary/aromatic N) is 1. The highest BCUT2D eigenvalue weighted by Gasteiger charge is 2.16. The summed E-state index contributed by atoms with van der Waals surface area (Å²) < 4.78 is 5.40. The van der Waals surface area contributed by atoms with Gasteiger partial charge in [0.05, 0.1) is 0 Å². The average Bonchev–Trinajstić information content (AvgIpc) is 2.37. The minimum absolute atomic E-state index is 0.427. The highest BCUT2D eigenvalue weighted by Crippen LogP contribution is 2.24. The van der Waals surface area contributed by atoms with Crippen molar-refractivity contribution in [2.24, 2.45) is 5.92 Å². The minimum Gasteiger partial charge on any atom is -0.507 e. The van der Waals surface area contributed by atoms with Gasteiger partial charge in [-0.3, -0.25) is 0 Å². The summed E-state index contributed by atoms with van der Waals surface area (Å²) in [6.07, 6.45) is 2.36.